The molecule has 1 aromatic rings. The fourth-order valence-electron chi connectivity index (χ4n) is 0.691. The minimum atomic E-state index is -0.949. The van der Waals surface area contributed by atoms with Gasteiger partial charge in [-0.1, -0.05) is 0 Å². The van der Waals surface area contributed by atoms with E-state index in [0.29, 0.717) is 8.95 Å². The van der Waals surface area contributed by atoms with E-state index >= 15 is 0 Å². The van der Waals surface area contributed by atoms with E-state index < -0.39 is 5.97 Å². The Kier molecular flexibility index (Phi) is 6.24. The van der Waals surface area contributed by atoms with E-state index in [9.17, 15) is 4.79 Å². The van der Waals surface area contributed by atoms with Crippen LogP contribution in [0.1, 0.15) is 10.4 Å². The molecule has 0 saturated carbocycles. The second-order valence-corrected chi connectivity index (χ2v) is 4.47. The summed E-state index contributed by atoms with van der Waals surface area (Å²) in [5.41, 5.74) is 0.241. The van der Waals surface area contributed by atoms with Crippen molar-refractivity contribution < 1.29 is 9.90 Å². The molecule has 0 aliphatic rings. The molecular weight excluding hydrogens is 565 g/mol. The van der Waals surface area contributed by atoms with Gasteiger partial charge in [0, 0.05) is 39.6 Å². The van der Waals surface area contributed by atoms with Gasteiger partial charge in [0.15, 0.2) is 0 Å². The summed E-state index contributed by atoms with van der Waals surface area (Å²) >= 11 is 9.67. The summed E-state index contributed by atoms with van der Waals surface area (Å²) in [6, 6.07) is 3.21. The molecule has 1 rings (SSSR count). The molecule has 3 radical (unpaired) electrons. The molecule has 0 bridgehead atoms. The first-order chi connectivity index (χ1) is 5.54. The number of carboxylic acid groups (broad SMARTS) is 1. The molecule has 0 aliphatic carbocycles. The molecule has 69 valence electrons. The number of carbonyl (C=O) groups is 1. The first-order valence-electron chi connectivity index (χ1n) is 2.91. The summed E-state index contributed by atoms with van der Waals surface area (Å²) < 4.78 is 2.08. The van der Waals surface area contributed by atoms with Gasteiger partial charge in [0.25, 0.3) is 0 Å². The van der Waals surface area contributed by atoms with Crippen molar-refractivity contribution in [1.82, 2.24) is 0 Å². The first kappa shape index (κ1) is 14.0. The van der Waals surface area contributed by atoms with Gasteiger partial charge >= 0.3 is 5.97 Å². The Balaban J connectivity index is 0.00000144. The van der Waals surface area contributed by atoms with E-state index in [-0.39, 0.29) is 31.8 Å². The number of rotatable bonds is 1. The molecule has 1 aromatic carbocycles. The number of halogens is 3. The van der Waals surface area contributed by atoms with E-state index in [0.717, 1.165) is 4.47 Å². The van der Waals surface area contributed by atoms with Crippen LogP contribution in [0, 0.1) is 0 Å². The SMILES string of the molecule is O=C(O)c1ccc(Br)c(Br)c1Br.[Bi]. The monoisotopic (exact) mass is 565 g/mol. The Labute approximate surface area is 120 Å². The third-order valence-electron chi connectivity index (χ3n) is 1.27. The van der Waals surface area contributed by atoms with E-state index in [4.69, 9.17) is 5.11 Å². The Morgan fingerprint density at radius 2 is 1.69 bits per heavy atom. The summed E-state index contributed by atoms with van der Waals surface area (Å²) in [5, 5.41) is 8.71. The zero-order valence-electron chi connectivity index (χ0n) is 6.09. The van der Waals surface area contributed by atoms with Crippen LogP contribution in [-0.2, 0) is 0 Å². The standard InChI is InChI=1S/C7H3Br3O2.Bi/c8-4-2-1-3(7(11)12)5(9)6(4)10;/h1-2H,(H,11,12);. The molecule has 6 heteroatoms. The van der Waals surface area contributed by atoms with Gasteiger partial charge in [-0.25, -0.2) is 4.79 Å². The maximum atomic E-state index is 10.6. The Morgan fingerprint density at radius 3 is 2.15 bits per heavy atom. The smallest absolute Gasteiger partial charge is 0.336 e. The van der Waals surface area contributed by atoms with Crippen LogP contribution in [0.2, 0.25) is 0 Å². The van der Waals surface area contributed by atoms with Gasteiger partial charge < -0.3 is 5.11 Å². The van der Waals surface area contributed by atoms with Crippen molar-refractivity contribution in [3.63, 3.8) is 0 Å². The largest absolute Gasteiger partial charge is 0.478 e. The van der Waals surface area contributed by atoms with Crippen LogP contribution in [-0.4, -0.2) is 37.3 Å². The number of benzene rings is 1. The molecule has 1 N–H and O–H groups in total. The predicted molar refractivity (Wildman–Crippen MR) is 62.3 cm³/mol. The normalized spacial score (nSPS) is 9.15. The molecule has 0 spiro atoms. The van der Waals surface area contributed by atoms with Gasteiger partial charge in [0.05, 0.1) is 5.56 Å². The van der Waals surface area contributed by atoms with Crippen LogP contribution in [0.3, 0.4) is 0 Å². The summed E-state index contributed by atoms with van der Waals surface area (Å²) in [4.78, 5) is 10.6. The van der Waals surface area contributed by atoms with Crippen molar-refractivity contribution in [2.75, 3.05) is 0 Å². The molecule has 0 amide bonds. The van der Waals surface area contributed by atoms with Crippen LogP contribution in [0.15, 0.2) is 25.6 Å². The molecule has 0 heterocycles. The van der Waals surface area contributed by atoms with Crippen molar-refractivity contribution in [2.45, 2.75) is 0 Å². The summed E-state index contributed by atoms with van der Waals surface area (Å²) in [6.45, 7) is 0. The molecular formula is C7H3BiBr3O2. The van der Waals surface area contributed by atoms with Crippen LogP contribution in [0.5, 0.6) is 0 Å². The zero-order chi connectivity index (χ0) is 9.30. The van der Waals surface area contributed by atoms with Crippen LogP contribution < -0.4 is 0 Å². The Bertz CT molecular complexity index is 341. The molecule has 0 aliphatic heterocycles. The zero-order valence-corrected chi connectivity index (χ0v) is 14.3. The fourth-order valence-corrected chi connectivity index (χ4v) is 2.15. The van der Waals surface area contributed by atoms with Gasteiger partial charge in [-0.05, 0) is 59.9 Å². The number of hydrogen-bond acceptors (Lipinski definition) is 1. The molecule has 13 heavy (non-hydrogen) atoms. The van der Waals surface area contributed by atoms with E-state index in [1.165, 1.54) is 6.07 Å². The quantitative estimate of drug-likeness (QED) is 0.418. The summed E-state index contributed by atoms with van der Waals surface area (Å²) in [6.07, 6.45) is 0. The average molecular weight is 568 g/mol. The minimum absolute atomic E-state index is 0. The van der Waals surface area contributed by atoms with Crippen LogP contribution in [0.4, 0.5) is 0 Å². The van der Waals surface area contributed by atoms with Gasteiger partial charge in [-0.15, -0.1) is 0 Å². The Morgan fingerprint density at radius 1 is 1.15 bits per heavy atom. The third kappa shape index (κ3) is 3.26. The molecule has 2 nitrogen and oxygen atoms in total. The number of carboxylic acids is 1. The van der Waals surface area contributed by atoms with Crippen molar-refractivity contribution >= 4 is 80.0 Å². The van der Waals surface area contributed by atoms with Crippen LogP contribution >= 0.6 is 47.8 Å². The topological polar surface area (TPSA) is 37.3 Å². The fraction of sp³-hybridized carbons (Fsp3) is 0. The molecule has 0 fully saturated rings. The second-order valence-electron chi connectivity index (χ2n) is 2.03. The first-order valence-corrected chi connectivity index (χ1v) is 5.28. The van der Waals surface area contributed by atoms with Gasteiger partial charge in [-0.2, -0.15) is 0 Å². The van der Waals surface area contributed by atoms with E-state index in [2.05, 4.69) is 47.8 Å². The van der Waals surface area contributed by atoms with Gasteiger partial charge in [-0.3, -0.25) is 0 Å². The number of hydrogen-bond donors (Lipinski definition) is 1. The average Bonchev–Trinajstić information content (AvgIpc) is 2.00. The summed E-state index contributed by atoms with van der Waals surface area (Å²) in [5.74, 6) is -0.949. The maximum absolute atomic E-state index is 10.6. The van der Waals surface area contributed by atoms with Crippen molar-refractivity contribution in [3.8, 4) is 0 Å². The molecule has 0 atom stereocenters. The molecule has 0 saturated heterocycles. The van der Waals surface area contributed by atoms with Crippen molar-refractivity contribution in [1.29, 1.82) is 0 Å². The minimum Gasteiger partial charge on any atom is -0.478 e. The third-order valence-corrected chi connectivity index (χ3v) is 4.64. The molecule has 0 aromatic heterocycles. The molecule has 0 unspecified atom stereocenters. The van der Waals surface area contributed by atoms with E-state index in [1.54, 1.807) is 6.07 Å². The van der Waals surface area contributed by atoms with E-state index in [1.807, 2.05) is 0 Å². The number of aromatic carboxylic acids is 1. The summed E-state index contributed by atoms with van der Waals surface area (Å²) in [7, 11) is 0. The van der Waals surface area contributed by atoms with Crippen LogP contribution in [0.25, 0.3) is 0 Å². The maximum Gasteiger partial charge on any atom is 0.336 e. The predicted octanol–water partition coefficient (Wildman–Crippen LogP) is 3.29. The van der Waals surface area contributed by atoms with Gasteiger partial charge in [0.2, 0.25) is 0 Å². The second kappa shape index (κ2) is 5.79. The van der Waals surface area contributed by atoms with Gasteiger partial charge in [0.1, 0.15) is 0 Å². The van der Waals surface area contributed by atoms with Crippen molar-refractivity contribution in [3.05, 3.63) is 31.1 Å². The van der Waals surface area contributed by atoms with Crippen molar-refractivity contribution in [2.24, 2.45) is 0 Å². The Hall–Kier alpha value is 1.01.